The maximum absolute atomic E-state index is 6.44. The predicted octanol–water partition coefficient (Wildman–Crippen LogP) is 10.7. The van der Waals surface area contributed by atoms with Crippen molar-refractivity contribution in [2.24, 2.45) is 0 Å². The normalized spacial score (nSPS) is 12.1. The molecule has 0 aliphatic rings. The first-order chi connectivity index (χ1) is 19.3. The number of fused-ring (bicyclic) bond motifs is 10. The fourth-order valence-electron chi connectivity index (χ4n) is 6.34. The summed E-state index contributed by atoms with van der Waals surface area (Å²) < 4.78 is 11.4. The first-order valence-electron chi connectivity index (χ1n) is 13.2. The second kappa shape index (κ2) is 7.83. The maximum atomic E-state index is 6.44. The Hall–Kier alpha value is -4.86. The van der Waals surface area contributed by atoms with Gasteiger partial charge in [0.05, 0.1) is 11.0 Å². The molecule has 3 aromatic heterocycles. The van der Waals surface area contributed by atoms with Gasteiger partial charge in [0.15, 0.2) is 0 Å². The molecule has 0 radical (unpaired) electrons. The number of aromatic nitrogens is 1. The average molecular weight is 516 g/mol. The van der Waals surface area contributed by atoms with E-state index < -0.39 is 0 Å². The van der Waals surface area contributed by atoms with Gasteiger partial charge in [0.1, 0.15) is 11.2 Å². The molecule has 2 nitrogen and oxygen atoms in total. The SMILES string of the molecule is c1cc(-c2cccc3oc4ccc5c6ccccc6sc5c4c23)cc(-n2c3ccccc3c3ccccc32)c1. The number of nitrogens with zero attached hydrogens (tertiary/aromatic N) is 1. The van der Waals surface area contributed by atoms with E-state index in [0.717, 1.165) is 16.9 Å². The van der Waals surface area contributed by atoms with E-state index in [9.17, 15) is 0 Å². The standard InChI is InChI=1S/C36H21NOS/c1-4-15-29-25(11-1)26-12-2-5-16-30(26)37(29)23-10-7-9-22(21-23)24-14-8-17-31-34(24)35-32(38-31)20-19-28-27-13-3-6-18-33(27)39-36(28)35/h1-21H. The molecule has 0 unspecified atom stereocenters. The van der Waals surface area contributed by atoms with Crippen molar-refractivity contribution < 1.29 is 4.42 Å². The summed E-state index contributed by atoms with van der Waals surface area (Å²) in [5.74, 6) is 0. The van der Waals surface area contributed by atoms with Crippen molar-refractivity contribution in [2.45, 2.75) is 0 Å². The van der Waals surface area contributed by atoms with E-state index in [2.05, 4.69) is 132 Å². The molecule has 0 N–H and O–H groups in total. The van der Waals surface area contributed by atoms with Gasteiger partial charge >= 0.3 is 0 Å². The quantitative estimate of drug-likeness (QED) is 0.224. The molecule has 0 atom stereocenters. The molecule has 6 aromatic carbocycles. The lowest BCUT2D eigenvalue weighted by molar-refractivity contribution is 0.669. The zero-order valence-electron chi connectivity index (χ0n) is 20.9. The van der Waals surface area contributed by atoms with Gasteiger partial charge in [-0.25, -0.2) is 0 Å². The Morgan fingerprint density at radius 3 is 2.03 bits per heavy atom. The third-order valence-corrected chi connectivity index (χ3v) is 9.20. The molecule has 0 saturated heterocycles. The Balaban J connectivity index is 1.35. The smallest absolute Gasteiger partial charge is 0.136 e. The number of hydrogen-bond acceptors (Lipinski definition) is 2. The van der Waals surface area contributed by atoms with Crippen LogP contribution in [-0.2, 0) is 0 Å². The topological polar surface area (TPSA) is 18.1 Å². The van der Waals surface area contributed by atoms with Crippen LogP contribution in [0.4, 0.5) is 0 Å². The number of thiophene rings is 1. The number of benzene rings is 6. The van der Waals surface area contributed by atoms with E-state index >= 15 is 0 Å². The van der Waals surface area contributed by atoms with Crippen LogP contribution in [0.25, 0.3) is 80.7 Å². The minimum atomic E-state index is 0.926. The summed E-state index contributed by atoms with van der Waals surface area (Å²) in [6, 6.07) is 45.7. The zero-order valence-corrected chi connectivity index (χ0v) is 21.7. The Bertz CT molecular complexity index is 2350. The van der Waals surface area contributed by atoms with Crippen LogP contribution < -0.4 is 0 Å². The summed E-state index contributed by atoms with van der Waals surface area (Å²) in [6.45, 7) is 0. The first-order valence-corrected chi connectivity index (χ1v) is 14.0. The van der Waals surface area contributed by atoms with Gasteiger partial charge in [-0.1, -0.05) is 78.9 Å². The molecular weight excluding hydrogens is 494 g/mol. The fraction of sp³-hybridized carbons (Fsp3) is 0. The van der Waals surface area contributed by atoms with Gasteiger partial charge in [-0.05, 0) is 59.7 Å². The molecule has 3 heteroatoms. The molecule has 0 aliphatic heterocycles. The first kappa shape index (κ1) is 21.1. The van der Waals surface area contributed by atoms with Crippen LogP contribution in [0, 0.1) is 0 Å². The van der Waals surface area contributed by atoms with Crippen LogP contribution in [0.2, 0.25) is 0 Å². The largest absolute Gasteiger partial charge is 0.456 e. The number of rotatable bonds is 2. The number of hydrogen-bond donors (Lipinski definition) is 0. The molecule has 0 amide bonds. The molecular formula is C36H21NOS. The Morgan fingerprint density at radius 2 is 1.21 bits per heavy atom. The van der Waals surface area contributed by atoms with E-state index in [4.69, 9.17) is 4.42 Å². The monoisotopic (exact) mass is 515 g/mol. The van der Waals surface area contributed by atoms with Crippen molar-refractivity contribution in [1.82, 2.24) is 4.57 Å². The predicted molar refractivity (Wildman–Crippen MR) is 166 cm³/mol. The summed E-state index contributed by atoms with van der Waals surface area (Å²) in [7, 11) is 0. The molecule has 0 aliphatic carbocycles. The third kappa shape index (κ3) is 2.91. The van der Waals surface area contributed by atoms with Gasteiger partial charge < -0.3 is 8.98 Å². The average Bonchev–Trinajstić information content (AvgIpc) is 3.66. The van der Waals surface area contributed by atoms with Crippen LogP contribution in [0.3, 0.4) is 0 Å². The van der Waals surface area contributed by atoms with E-state index in [1.54, 1.807) is 0 Å². The van der Waals surface area contributed by atoms with Gasteiger partial charge in [0.2, 0.25) is 0 Å². The molecule has 0 saturated carbocycles. The highest BCUT2D eigenvalue weighted by molar-refractivity contribution is 7.26. The van der Waals surface area contributed by atoms with Gasteiger partial charge in [-0.2, -0.15) is 0 Å². The third-order valence-electron chi connectivity index (χ3n) is 8.00. The van der Waals surface area contributed by atoms with Crippen LogP contribution >= 0.6 is 11.3 Å². The molecule has 9 rings (SSSR count). The lowest BCUT2D eigenvalue weighted by atomic mass is 9.98. The van der Waals surface area contributed by atoms with E-state index in [-0.39, 0.29) is 0 Å². The van der Waals surface area contributed by atoms with E-state index in [1.807, 2.05) is 11.3 Å². The molecule has 182 valence electrons. The summed E-state index contributed by atoms with van der Waals surface area (Å²) >= 11 is 1.85. The van der Waals surface area contributed by atoms with Crippen LogP contribution in [0.1, 0.15) is 0 Å². The molecule has 9 aromatic rings. The summed E-state index contributed by atoms with van der Waals surface area (Å²) in [5, 5.41) is 7.53. The highest BCUT2D eigenvalue weighted by Crippen LogP contribution is 2.45. The fourth-order valence-corrected chi connectivity index (χ4v) is 7.59. The van der Waals surface area contributed by atoms with Crippen molar-refractivity contribution in [3.8, 4) is 16.8 Å². The molecule has 39 heavy (non-hydrogen) atoms. The second-order valence-electron chi connectivity index (χ2n) is 10.1. The Kier molecular flexibility index (Phi) is 4.24. The molecule has 0 bridgehead atoms. The highest BCUT2D eigenvalue weighted by Gasteiger charge is 2.18. The van der Waals surface area contributed by atoms with Crippen molar-refractivity contribution in [3.05, 3.63) is 127 Å². The van der Waals surface area contributed by atoms with Crippen LogP contribution in [0.5, 0.6) is 0 Å². The summed E-state index contributed by atoms with van der Waals surface area (Å²) in [4.78, 5) is 0. The van der Waals surface area contributed by atoms with Gasteiger partial charge in [0, 0.05) is 47.4 Å². The minimum Gasteiger partial charge on any atom is -0.456 e. The van der Waals surface area contributed by atoms with Crippen molar-refractivity contribution >= 4 is 75.3 Å². The molecule has 3 heterocycles. The van der Waals surface area contributed by atoms with Gasteiger partial charge in [-0.15, -0.1) is 11.3 Å². The van der Waals surface area contributed by atoms with Crippen molar-refractivity contribution in [1.29, 1.82) is 0 Å². The van der Waals surface area contributed by atoms with Crippen LogP contribution in [-0.4, -0.2) is 4.57 Å². The van der Waals surface area contributed by atoms with E-state index in [0.29, 0.717) is 0 Å². The molecule has 0 fully saturated rings. The van der Waals surface area contributed by atoms with E-state index in [1.165, 1.54) is 63.9 Å². The van der Waals surface area contributed by atoms with Crippen molar-refractivity contribution in [2.75, 3.05) is 0 Å². The lowest BCUT2D eigenvalue weighted by Crippen LogP contribution is -1.94. The second-order valence-corrected chi connectivity index (χ2v) is 11.2. The van der Waals surface area contributed by atoms with Crippen LogP contribution in [0.15, 0.2) is 132 Å². The Morgan fingerprint density at radius 1 is 0.513 bits per heavy atom. The Labute approximate surface area is 227 Å². The summed E-state index contributed by atoms with van der Waals surface area (Å²) in [6.07, 6.45) is 0. The molecule has 0 spiro atoms. The minimum absolute atomic E-state index is 0.926. The summed E-state index contributed by atoms with van der Waals surface area (Å²) in [5.41, 5.74) is 7.83. The lowest BCUT2D eigenvalue weighted by Gasteiger charge is -2.11. The zero-order chi connectivity index (χ0) is 25.5. The number of furan rings is 1. The number of para-hydroxylation sites is 2. The van der Waals surface area contributed by atoms with Gasteiger partial charge in [-0.3, -0.25) is 0 Å². The van der Waals surface area contributed by atoms with Crippen molar-refractivity contribution in [3.63, 3.8) is 0 Å². The van der Waals surface area contributed by atoms with Gasteiger partial charge in [0.25, 0.3) is 0 Å². The maximum Gasteiger partial charge on any atom is 0.136 e. The highest BCUT2D eigenvalue weighted by atomic mass is 32.1.